The second-order valence-corrected chi connectivity index (χ2v) is 8.06. The zero-order valence-corrected chi connectivity index (χ0v) is 19.0. The summed E-state index contributed by atoms with van der Waals surface area (Å²) < 4.78 is 11.3. The third-order valence-electron chi connectivity index (χ3n) is 5.64. The Balaban J connectivity index is 1.69. The van der Waals surface area contributed by atoms with Gasteiger partial charge in [-0.2, -0.15) is 0 Å². The maximum absolute atomic E-state index is 13.3. The van der Waals surface area contributed by atoms with Gasteiger partial charge in [-0.1, -0.05) is 61.9 Å². The van der Waals surface area contributed by atoms with Gasteiger partial charge >= 0.3 is 0 Å². The number of carbonyl (C=O) groups excluding carboxylic acids is 2. The number of ketones is 1. The standard InChI is InChI=1S/C28H27NO5/c1-2-3-16-33-22-12-7-11-21(18-22)26-25(24(30)15-14-20-9-5-4-6-10-20)27(31)28(32)29(26)19-23-13-8-17-34-23/h4-15,17-18,26,31H,2-3,16,19H2,1H3. The van der Waals surface area contributed by atoms with E-state index >= 15 is 0 Å². The zero-order chi connectivity index (χ0) is 23.9. The molecule has 1 amide bonds. The van der Waals surface area contributed by atoms with Crippen molar-refractivity contribution in [2.75, 3.05) is 6.61 Å². The number of carbonyl (C=O) groups is 2. The summed E-state index contributed by atoms with van der Waals surface area (Å²) in [4.78, 5) is 27.8. The molecule has 0 fully saturated rings. The molecular weight excluding hydrogens is 430 g/mol. The SMILES string of the molecule is CCCCOc1cccc(C2C(C(=O)C=Cc3ccccc3)=C(O)C(=O)N2Cc2ccco2)c1. The lowest BCUT2D eigenvalue weighted by Crippen LogP contribution is -2.30. The highest BCUT2D eigenvalue weighted by Gasteiger charge is 2.43. The Morgan fingerprint density at radius 2 is 1.94 bits per heavy atom. The van der Waals surface area contributed by atoms with Gasteiger partial charge in [-0.05, 0) is 47.9 Å². The fourth-order valence-electron chi connectivity index (χ4n) is 3.92. The van der Waals surface area contributed by atoms with E-state index in [1.165, 1.54) is 17.2 Å². The van der Waals surface area contributed by atoms with Gasteiger partial charge in [-0.15, -0.1) is 0 Å². The maximum atomic E-state index is 13.3. The van der Waals surface area contributed by atoms with Crippen molar-refractivity contribution in [2.45, 2.75) is 32.4 Å². The minimum absolute atomic E-state index is 0.0365. The van der Waals surface area contributed by atoms with E-state index < -0.39 is 23.5 Å². The molecule has 174 valence electrons. The highest BCUT2D eigenvalue weighted by atomic mass is 16.5. The lowest BCUT2D eigenvalue weighted by atomic mass is 9.95. The average molecular weight is 458 g/mol. The minimum Gasteiger partial charge on any atom is -0.503 e. The molecule has 6 heteroatoms. The van der Waals surface area contributed by atoms with E-state index in [0.29, 0.717) is 23.7 Å². The molecule has 0 aliphatic carbocycles. The fourth-order valence-corrected chi connectivity index (χ4v) is 3.92. The number of hydrogen-bond acceptors (Lipinski definition) is 5. The molecular formula is C28H27NO5. The number of allylic oxidation sites excluding steroid dienone is 1. The normalized spacial score (nSPS) is 16.0. The second-order valence-electron chi connectivity index (χ2n) is 8.06. The highest BCUT2D eigenvalue weighted by molar-refractivity contribution is 6.14. The van der Waals surface area contributed by atoms with E-state index in [4.69, 9.17) is 9.15 Å². The molecule has 1 aliphatic heterocycles. The molecule has 2 aromatic carbocycles. The Morgan fingerprint density at radius 1 is 1.12 bits per heavy atom. The summed E-state index contributed by atoms with van der Waals surface area (Å²) in [6.45, 7) is 2.78. The molecule has 1 unspecified atom stereocenters. The number of nitrogens with zero attached hydrogens (tertiary/aromatic N) is 1. The topological polar surface area (TPSA) is 80.0 Å². The molecule has 1 N–H and O–H groups in total. The fraction of sp³-hybridized carbons (Fsp3) is 0.214. The van der Waals surface area contributed by atoms with Crippen LogP contribution < -0.4 is 4.74 Å². The van der Waals surface area contributed by atoms with Gasteiger partial charge in [-0.3, -0.25) is 9.59 Å². The molecule has 34 heavy (non-hydrogen) atoms. The van der Waals surface area contributed by atoms with Crippen LogP contribution in [0.25, 0.3) is 6.08 Å². The summed E-state index contributed by atoms with van der Waals surface area (Å²) in [5, 5.41) is 10.8. The number of aliphatic hydroxyl groups excluding tert-OH is 1. The molecule has 1 aliphatic rings. The Kier molecular flexibility index (Phi) is 7.28. The first-order chi connectivity index (χ1) is 16.6. The van der Waals surface area contributed by atoms with Crippen LogP contribution in [0.2, 0.25) is 0 Å². The van der Waals surface area contributed by atoms with Crippen molar-refractivity contribution in [2.24, 2.45) is 0 Å². The summed E-state index contributed by atoms with van der Waals surface area (Å²) in [5.74, 6) is -0.393. The van der Waals surface area contributed by atoms with Crippen molar-refractivity contribution < 1.29 is 23.8 Å². The molecule has 1 atom stereocenters. The predicted octanol–water partition coefficient (Wildman–Crippen LogP) is 5.64. The molecule has 2 heterocycles. The van der Waals surface area contributed by atoms with E-state index in [0.717, 1.165) is 18.4 Å². The maximum Gasteiger partial charge on any atom is 0.290 e. The van der Waals surface area contributed by atoms with Gasteiger partial charge in [0.05, 0.1) is 31.0 Å². The van der Waals surface area contributed by atoms with Crippen molar-refractivity contribution in [3.05, 3.63) is 107 Å². The Bertz CT molecular complexity index is 1190. The highest BCUT2D eigenvalue weighted by Crippen LogP contribution is 2.40. The minimum atomic E-state index is -0.778. The molecule has 6 nitrogen and oxygen atoms in total. The number of amides is 1. The van der Waals surface area contributed by atoms with Crippen molar-refractivity contribution in [1.29, 1.82) is 0 Å². The summed E-state index contributed by atoms with van der Waals surface area (Å²) >= 11 is 0. The van der Waals surface area contributed by atoms with Gasteiger partial charge in [0.2, 0.25) is 0 Å². The van der Waals surface area contributed by atoms with E-state index in [1.54, 1.807) is 18.2 Å². The average Bonchev–Trinajstić information content (AvgIpc) is 3.46. The van der Waals surface area contributed by atoms with Crippen LogP contribution >= 0.6 is 0 Å². The molecule has 0 saturated carbocycles. The lowest BCUT2D eigenvalue weighted by Gasteiger charge is -2.26. The van der Waals surface area contributed by atoms with Gasteiger partial charge < -0.3 is 19.2 Å². The number of benzene rings is 2. The van der Waals surface area contributed by atoms with Crippen LogP contribution in [-0.2, 0) is 16.1 Å². The molecule has 0 saturated heterocycles. The summed E-state index contributed by atoms with van der Waals surface area (Å²) in [5.41, 5.74) is 1.56. The first kappa shape index (κ1) is 23.1. The molecule has 4 rings (SSSR count). The Morgan fingerprint density at radius 3 is 2.68 bits per heavy atom. The lowest BCUT2D eigenvalue weighted by molar-refractivity contribution is -0.130. The third kappa shape index (κ3) is 5.12. The van der Waals surface area contributed by atoms with Crippen LogP contribution in [0.4, 0.5) is 0 Å². The first-order valence-electron chi connectivity index (χ1n) is 11.3. The summed E-state index contributed by atoms with van der Waals surface area (Å²) in [6.07, 6.45) is 6.51. The summed E-state index contributed by atoms with van der Waals surface area (Å²) in [7, 11) is 0. The van der Waals surface area contributed by atoms with Crippen molar-refractivity contribution in [3.63, 3.8) is 0 Å². The van der Waals surface area contributed by atoms with Gasteiger partial charge in [0, 0.05) is 0 Å². The van der Waals surface area contributed by atoms with Crippen LogP contribution in [0.1, 0.15) is 42.7 Å². The van der Waals surface area contributed by atoms with Gasteiger partial charge in [0.25, 0.3) is 5.91 Å². The first-order valence-corrected chi connectivity index (χ1v) is 11.3. The molecule has 0 bridgehead atoms. The summed E-state index contributed by atoms with van der Waals surface area (Å²) in [6, 6.07) is 19.4. The van der Waals surface area contributed by atoms with E-state index in [-0.39, 0.29) is 12.1 Å². The predicted molar refractivity (Wildman–Crippen MR) is 129 cm³/mol. The quantitative estimate of drug-likeness (QED) is 0.315. The van der Waals surface area contributed by atoms with Gasteiger partial charge in [0.1, 0.15) is 11.5 Å². The Hall–Kier alpha value is -4.06. The van der Waals surface area contributed by atoms with Gasteiger partial charge in [-0.25, -0.2) is 0 Å². The zero-order valence-electron chi connectivity index (χ0n) is 19.0. The van der Waals surface area contributed by atoms with Crippen LogP contribution in [0.15, 0.2) is 94.8 Å². The smallest absolute Gasteiger partial charge is 0.290 e. The van der Waals surface area contributed by atoms with Crippen molar-refractivity contribution in [3.8, 4) is 5.75 Å². The largest absolute Gasteiger partial charge is 0.503 e. The number of hydrogen-bond donors (Lipinski definition) is 1. The van der Waals surface area contributed by atoms with E-state index in [9.17, 15) is 14.7 Å². The van der Waals surface area contributed by atoms with Crippen molar-refractivity contribution >= 4 is 17.8 Å². The molecule has 3 aromatic rings. The van der Waals surface area contributed by atoms with E-state index in [2.05, 4.69) is 6.92 Å². The van der Waals surface area contributed by atoms with Crippen LogP contribution in [0.5, 0.6) is 5.75 Å². The van der Waals surface area contributed by atoms with Crippen LogP contribution in [0.3, 0.4) is 0 Å². The molecule has 0 spiro atoms. The van der Waals surface area contributed by atoms with Crippen molar-refractivity contribution in [1.82, 2.24) is 4.90 Å². The molecule has 0 radical (unpaired) electrons. The third-order valence-corrected chi connectivity index (χ3v) is 5.64. The second kappa shape index (κ2) is 10.7. The van der Waals surface area contributed by atoms with Crippen LogP contribution in [-0.4, -0.2) is 28.3 Å². The van der Waals surface area contributed by atoms with Gasteiger partial charge in [0.15, 0.2) is 11.5 Å². The number of rotatable bonds is 10. The molecule has 1 aromatic heterocycles. The number of unbranched alkanes of at least 4 members (excludes halogenated alkanes) is 1. The van der Waals surface area contributed by atoms with E-state index in [1.807, 2.05) is 54.6 Å². The number of furan rings is 1. The monoisotopic (exact) mass is 457 g/mol. The number of aliphatic hydroxyl groups is 1. The Labute approximate surface area is 198 Å². The number of ether oxygens (including phenoxy) is 1. The van der Waals surface area contributed by atoms with Crippen LogP contribution in [0, 0.1) is 0 Å².